The highest BCUT2D eigenvalue weighted by molar-refractivity contribution is 5.90. The lowest BCUT2D eigenvalue weighted by atomic mass is 10.0. The third-order valence-corrected chi connectivity index (χ3v) is 7.36. The molecule has 2 aromatic heterocycles. The summed E-state index contributed by atoms with van der Waals surface area (Å²) in [6.45, 7) is 4.52. The lowest BCUT2D eigenvalue weighted by Gasteiger charge is -2.31. The van der Waals surface area contributed by atoms with Crippen LogP contribution < -0.4 is 5.32 Å². The molecule has 3 aromatic carbocycles. The largest absolute Gasteiger partial charge is 0.322 e. The van der Waals surface area contributed by atoms with Crippen molar-refractivity contribution < 1.29 is 9.18 Å². The van der Waals surface area contributed by atoms with Gasteiger partial charge in [0.25, 0.3) is 0 Å². The topological polar surface area (TPSA) is 55.1 Å². The number of benzene rings is 3. The van der Waals surface area contributed by atoms with E-state index in [1.54, 1.807) is 12.1 Å². The molecule has 1 N–H and O–H groups in total. The number of amides is 2. The number of fused-ring (bicyclic) bond motifs is 3. The number of para-hydroxylation sites is 1. The van der Waals surface area contributed by atoms with Gasteiger partial charge < -0.3 is 14.8 Å². The summed E-state index contributed by atoms with van der Waals surface area (Å²) < 4.78 is 18.0. The molecule has 1 atom stereocenters. The monoisotopic (exact) mass is 519 g/mol. The van der Waals surface area contributed by atoms with Gasteiger partial charge in [-0.05, 0) is 72.5 Å². The third-order valence-electron chi connectivity index (χ3n) is 7.36. The predicted molar refractivity (Wildman–Crippen MR) is 151 cm³/mol. The molecule has 5 aromatic rings. The standard InChI is InChI=1S/C32H30FN5O/c1-3-22-12-18-25(19-13-22)34-32(39)37-21-27-28(4-2)35-38(26-9-6-5-7-10-26)31(27)36-20-8-11-29(36)30(37)23-14-16-24(33)17-15-23/h5-20,30H,3-4,21H2,1-2H3,(H,34,39)/t30-/m1/s1. The zero-order valence-corrected chi connectivity index (χ0v) is 22.0. The lowest BCUT2D eigenvalue weighted by Crippen LogP contribution is -2.38. The maximum Gasteiger partial charge on any atom is 0.322 e. The number of anilines is 1. The fourth-order valence-electron chi connectivity index (χ4n) is 5.36. The van der Waals surface area contributed by atoms with Gasteiger partial charge in [0.2, 0.25) is 0 Å². The van der Waals surface area contributed by atoms with Crippen LogP contribution in [0, 0.1) is 5.82 Å². The summed E-state index contributed by atoms with van der Waals surface area (Å²) in [4.78, 5) is 15.9. The Hall–Kier alpha value is -4.65. The Morgan fingerprint density at radius 2 is 1.67 bits per heavy atom. The summed E-state index contributed by atoms with van der Waals surface area (Å²) in [5, 5.41) is 8.10. The van der Waals surface area contributed by atoms with Crippen LogP contribution >= 0.6 is 0 Å². The van der Waals surface area contributed by atoms with Crippen LogP contribution in [0.5, 0.6) is 0 Å². The summed E-state index contributed by atoms with van der Waals surface area (Å²) in [6.07, 6.45) is 3.65. The Morgan fingerprint density at radius 1 is 0.923 bits per heavy atom. The van der Waals surface area contributed by atoms with E-state index in [0.717, 1.165) is 46.1 Å². The smallest absolute Gasteiger partial charge is 0.308 e. The van der Waals surface area contributed by atoms with E-state index in [1.807, 2.05) is 82.5 Å². The van der Waals surface area contributed by atoms with Crippen molar-refractivity contribution in [3.05, 3.63) is 131 Å². The molecule has 6 nitrogen and oxygen atoms in total. The van der Waals surface area contributed by atoms with Crippen LogP contribution in [-0.4, -0.2) is 25.3 Å². The van der Waals surface area contributed by atoms with Crippen molar-refractivity contribution in [1.82, 2.24) is 19.2 Å². The number of urea groups is 1. The number of hydrogen-bond donors (Lipinski definition) is 1. The van der Waals surface area contributed by atoms with Gasteiger partial charge >= 0.3 is 6.03 Å². The van der Waals surface area contributed by atoms with Crippen LogP contribution in [0.4, 0.5) is 14.9 Å². The maximum absolute atomic E-state index is 14.0. The van der Waals surface area contributed by atoms with Gasteiger partial charge in [-0.2, -0.15) is 5.10 Å². The van der Waals surface area contributed by atoms with Gasteiger partial charge in [0.15, 0.2) is 0 Å². The van der Waals surface area contributed by atoms with Crippen molar-refractivity contribution >= 4 is 11.7 Å². The van der Waals surface area contributed by atoms with Gasteiger partial charge in [-0.1, -0.05) is 56.3 Å². The van der Waals surface area contributed by atoms with E-state index in [-0.39, 0.29) is 11.8 Å². The zero-order chi connectivity index (χ0) is 26.9. The van der Waals surface area contributed by atoms with E-state index in [1.165, 1.54) is 17.7 Å². The summed E-state index contributed by atoms with van der Waals surface area (Å²) in [5.41, 5.74) is 6.52. The van der Waals surface area contributed by atoms with Crippen molar-refractivity contribution in [3.8, 4) is 11.5 Å². The molecule has 0 spiro atoms. The summed E-state index contributed by atoms with van der Waals surface area (Å²) in [7, 11) is 0. The van der Waals surface area contributed by atoms with Crippen LogP contribution in [0.3, 0.4) is 0 Å². The van der Waals surface area contributed by atoms with E-state index in [2.05, 4.69) is 23.7 Å². The first-order valence-electron chi connectivity index (χ1n) is 13.3. The first kappa shape index (κ1) is 24.7. The zero-order valence-electron chi connectivity index (χ0n) is 22.0. The second kappa shape index (κ2) is 10.3. The van der Waals surface area contributed by atoms with E-state index < -0.39 is 6.04 Å². The minimum Gasteiger partial charge on any atom is -0.308 e. The Labute approximate surface area is 227 Å². The number of nitrogens with zero attached hydrogens (tertiary/aromatic N) is 4. The average molecular weight is 520 g/mol. The van der Waals surface area contributed by atoms with Crippen LogP contribution in [0.15, 0.2) is 97.2 Å². The number of carbonyl (C=O) groups is 1. The molecule has 0 radical (unpaired) electrons. The van der Waals surface area contributed by atoms with Gasteiger partial charge in [0, 0.05) is 17.4 Å². The van der Waals surface area contributed by atoms with Gasteiger partial charge in [-0.15, -0.1) is 0 Å². The van der Waals surface area contributed by atoms with E-state index in [0.29, 0.717) is 13.0 Å². The Bertz CT molecular complexity index is 1600. The quantitative estimate of drug-likeness (QED) is 0.270. The number of hydrogen-bond acceptors (Lipinski definition) is 2. The normalized spacial score (nSPS) is 14.4. The van der Waals surface area contributed by atoms with Crippen molar-refractivity contribution in [2.75, 3.05) is 5.32 Å². The number of carbonyl (C=O) groups excluding carboxylic acids is 1. The molecule has 1 aliphatic heterocycles. The molecule has 0 bridgehead atoms. The molecule has 196 valence electrons. The van der Waals surface area contributed by atoms with Crippen molar-refractivity contribution in [2.45, 2.75) is 39.3 Å². The SMILES string of the molecule is CCc1ccc(NC(=O)N2Cc3c(CC)nn(-c4ccccc4)c3-n3cccc3[C@H]2c2ccc(F)cc2)cc1. The molecule has 0 aliphatic carbocycles. The molecule has 0 unspecified atom stereocenters. The van der Waals surface area contributed by atoms with Crippen LogP contribution in [0.25, 0.3) is 11.5 Å². The lowest BCUT2D eigenvalue weighted by molar-refractivity contribution is 0.194. The highest BCUT2D eigenvalue weighted by Gasteiger charge is 2.36. The number of rotatable bonds is 5. The fourth-order valence-corrected chi connectivity index (χ4v) is 5.36. The second-order valence-corrected chi connectivity index (χ2v) is 9.72. The summed E-state index contributed by atoms with van der Waals surface area (Å²) in [6, 6.07) is 27.7. The highest BCUT2D eigenvalue weighted by Crippen LogP contribution is 2.39. The van der Waals surface area contributed by atoms with Gasteiger partial charge in [0.1, 0.15) is 11.6 Å². The Balaban J connectivity index is 1.52. The van der Waals surface area contributed by atoms with E-state index in [4.69, 9.17) is 5.10 Å². The first-order chi connectivity index (χ1) is 19.1. The molecule has 6 rings (SSSR count). The fraction of sp³-hybridized carbons (Fsp3) is 0.188. The van der Waals surface area contributed by atoms with Gasteiger partial charge in [-0.3, -0.25) is 0 Å². The third kappa shape index (κ3) is 4.50. The molecular weight excluding hydrogens is 489 g/mol. The molecular formula is C32H30FN5O. The predicted octanol–water partition coefficient (Wildman–Crippen LogP) is 7.06. The van der Waals surface area contributed by atoms with Crippen molar-refractivity contribution in [2.24, 2.45) is 0 Å². The van der Waals surface area contributed by atoms with E-state index in [9.17, 15) is 9.18 Å². The maximum atomic E-state index is 14.0. The minimum atomic E-state index is -0.447. The van der Waals surface area contributed by atoms with Gasteiger partial charge in [0.05, 0.1) is 29.7 Å². The molecule has 0 fully saturated rings. The number of aryl methyl sites for hydroxylation is 2. The molecule has 0 saturated carbocycles. The number of nitrogens with one attached hydrogen (secondary N) is 1. The summed E-state index contributed by atoms with van der Waals surface area (Å²) in [5.74, 6) is 0.596. The molecule has 1 aliphatic rings. The number of aromatic nitrogens is 3. The molecule has 7 heteroatoms. The average Bonchev–Trinajstić information content (AvgIpc) is 3.56. The first-order valence-corrected chi connectivity index (χ1v) is 13.3. The summed E-state index contributed by atoms with van der Waals surface area (Å²) >= 11 is 0. The highest BCUT2D eigenvalue weighted by atomic mass is 19.1. The van der Waals surface area contributed by atoms with Crippen molar-refractivity contribution in [1.29, 1.82) is 0 Å². The van der Waals surface area contributed by atoms with Crippen LogP contribution in [0.2, 0.25) is 0 Å². The minimum absolute atomic E-state index is 0.233. The van der Waals surface area contributed by atoms with Gasteiger partial charge in [-0.25, -0.2) is 13.9 Å². The Kier molecular flexibility index (Phi) is 6.49. The van der Waals surface area contributed by atoms with Crippen molar-refractivity contribution in [3.63, 3.8) is 0 Å². The number of halogens is 1. The molecule has 2 amide bonds. The second-order valence-electron chi connectivity index (χ2n) is 9.72. The molecule has 39 heavy (non-hydrogen) atoms. The van der Waals surface area contributed by atoms with Crippen LogP contribution in [-0.2, 0) is 19.4 Å². The molecule has 3 heterocycles. The molecule has 0 saturated heterocycles. The van der Waals surface area contributed by atoms with E-state index >= 15 is 0 Å². The Morgan fingerprint density at radius 3 is 2.36 bits per heavy atom. The van der Waals surface area contributed by atoms with Crippen LogP contribution in [0.1, 0.15) is 48.0 Å².